The number of hydrogen-bond acceptors (Lipinski definition) is 4. The van der Waals surface area contributed by atoms with Crippen LogP contribution in [-0.2, 0) is 4.79 Å². The van der Waals surface area contributed by atoms with Gasteiger partial charge in [0.25, 0.3) is 0 Å². The van der Waals surface area contributed by atoms with Crippen LogP contribution in [0.15, 0.2) is 18.2 Å². The van der Waals surface area contributed by atoms with E-state index in [1.807, 2.05) is 13.8 Å². The Morgan fingerprint density at radius 1 is 1.58 bits per heavy atom. The Kier molecular flexibility index (Phi) is 5.11. The molecule has 0 saturated carbocycles. The zero-order valence-electron chi connectivity index (χ0n) is 10.7. The Morgan fingerprint density at radius 3 is 2.68 bits per heavy atom. The van der Waals surface area contributed by atoms with Crippen molar-refractivity contribution in [3.05, 3.63) is 33.3 Å². The number of carboxylic acid groups (broad SMARTS) is 1. The predicted molar refractivity (Wildman–Crippen MR) is 72.8 cm³/mol. The van der Waals surface area contributed by atoms with Gasteiger partial charge >= 0.3 is 11.7 Å². The van der Waals surface area contributed by atoms with E-state index < -0.39 is 10.9 Å². The number of hydrogen-bond donors (Lipinski definition) is 1. The van der Waals surface area contributed by atoms with E-state index in [4.69, 9.17) is 16.7 Å². The molecule has 7 heteroatoms. The van der Waals surface area contributed by atoms with E-state index in [2.05, 4.69) is 0 Å². The van der Waals surface area contributed by atoms with E-state index >= 15 is 0 Å². The van der Waals surface area contributed by atoms with Gasteiger partial charge in [-0.25, -0.2) is 0 Å². The highest BCUT2D eigenvalue weighted by molar-refractivity contribution is 6.33. The van der Waals surface area contributed by atoms with E-state index in [1.54, 1.807) is 6.07 Å². The minimum Gasteiger partial charge on any atom is -0.480 e. The summed E-state index contributed by atoms with van der Waals surface area (Å²) in [5.74, 6) is -1.05. The Morgan fingerprint density at radius 2 is 2.21 bits per heavy atom. The van der Waals surface area contributed by atoms with Crippen LogP contribution in [0, 0.1) is 10.1 Å². The van der Waals surface area contributed by atoms with E-state index in [-0.39, 0.29) is 29.0 Å². The predicted octanol–water partition coefficient (Wildman–Crippen LogP) is 2.94. The van der Waals surface area contributed by atoms with Gasteiger partial charge in [0.2, 0.25) is 0 Å². The molecular weight excluding hydrogens is 272 g/mol. The Balaban J connectivity index is 3.33. The lowest BCUT2D eigenvalue weighted by Gasteiger charge is -2.28. The number of benzene rings is 1. The molecule has 0 radical (unpaired) electrons. The van der Waals surface area contributed by atoms with Crippen LogP contribution < -0.4 is 4.90 Å². The SMILES string of the molecule is CCC(C)N(CC(=O)O)c1cccc(Cl)c1[N+](=O)[O-]. The third-order valence-electron chi connectivity index (χ3n) is 2.89. The number of aliphatic carboxylic acids is 1. The lowest BCUT2D eigenvalue weighted by atomic mass is 10.1. The first kappa shape index (κ1) is 15.2. The summed E-state index contributed by atoms with van der Waals surface area (Å²) in [6.07, 6.45) is 0.664. The molecule has 0 saturated heterocycles. The van der Waals surface area contributed by atoms with Crippen molar-refractivity contribution in [1.82, 2.24) is 0 Å². The molecule has 19 heavy (non-hydrogen) atoms. The molecule has 1 N–H and O–H groups in total. The molecule has 1 rings (SSSR count). The van der Waals surface area contributed by atoms with Crippen LogP contribution in [0.4, 0.5) is 11.4 Å². The molecule has 0 aliphatic heterocycles. The lowest BCUT2D eigenvalue weighted by Crippen LogP contribution is -2.37. The molecule has 0 aromatic heterocycles. The van der Waals surface area contributed by atoms with Crippen molar-refractivity contribution in [2.24, 2.45) is 0 Å². The third kappa shape index (κ3) is 3.57. The second-order valence-electron chi connectivity index (χ2n) is 4.14. The largest absolute Gasteiger partial charge is 0.480 e. The van der Waals surface area contributed by atoms with E-state index in [9.17, 15) is 14.9 Å². The number of nitrogens with zero attached hydrogens (tertiary/aromatic N) is 2. The highest BCUT2D eigenvalue weighted by Crippen LogP contribution is 2.36. The molecule has 0 aliphatic carbocycles. The number of rotatable bonds is 6. The van der Waals surface area contributed by atoms with Crippen LogP contribution in [0.1, 0.15) is 20.3 Å². The topological polar surface area (TPSA) is 83.7 Å². The molecule has 1 aromatic rings. The molecule has 1 aromatic carbocycles. The first-order valence-electron chi connectivity index (χ1n) is 5.79. The highest BCUT2D eigenvalue weighted by atomic mass is 35.5. The fourth-order valence-corrected chi connectivity index (χ4v) is 2.00. The molecule has 104 valence electrons. The van der Waals surface area contributed by atoms with Gasteiger partial charge in [-0.1, -0.05) is 24.6 Å². The van der Waals surface area contributed by atoms with Gasteiger partial charge in [0.1, 0.15) is 17.3 Å². The van der Waals surface area contributed by atoms with Crippen molar-refractivity contribution in [1.29, 1.82) is 0 Å². The smallest absolute Gasteiger partial charge is 0.323 e. The second kappa shape index (κ2) is 6.38. The normalized spacial score (nSPS) is 11.9. The highest BCUT2D eigenvalue weighted by Gasteiger charge is 2.26. The molecule has 0 bridgehead atoms. The minimum absolute atomic E-state index is 0.00110. The maximum absolute atomic E-state index is 11.1. The van der Waals surface area contributed by atoms with E-state index in [1.165, 1.54) is 17.0 Å². The van der Waals surface area contributed by atoms with Crippen molar-refractivity contribution in [2.75, 3.05) is 11.4 Å². The van der Waals surface area contributed by atoms with Crippen molar-refractivity contribution in [2.45, 2.75) is 26.3 Å². The summed E-state index contributed by atoms with van der Waals surface area (Å²) in [6, 6.07) is 4.35. The number of para-hydroxylation sites is 1. The first-order chi connectivity index (χ1) is 8.88. The average Bonchev–Trinajstić information content (AvgIpc) is 2.34. The number of nitro groups is 1. The number of halogens is 1. The van der Waals surface area contributed by atoms with E-state index in [0.29, 0.717) is 6.42 Å². The van der Waals surface area contributed by atoms with Gasteiger partial charge in [0.15, 0.2) is 0 Å². The maximum atomic E-state index is 11.1. The molecule has 1 unspecified atom stereocenters. The van der Waals surface area contributed by atoms with Crippen LogP contribution in [0.5, 0.6) is 0 Å². The van der Waals surface area contributed by atoms with Gasteiger partial charge in [-0.15, -0.1) is 0 Å². The summed E-state index contributed by atoms with van der Waals surface area (Å²) in [7, 11) is 0. The molecule has 0 spiro atoms. The minimum atomic E-state index is -1.05. The Hall–Kier alpha value is -1.82. The summed E-state index contributed by atoms with van der Waals surface area (Å²) < 4.78 is 0. The molecule has 1 atom stereocenters. The summed E-state index contributed by atoms with van der Waals surface area (Å²) in [5.41, 5.74) is -0.0278. The fraction of sp³-hybridized carbons (Fsp3) is 0.417. The zero-order valence-corrected chi connectivity index (χ0v) is 11.4. The molecule has 0 heterocycles. The van der Waals surface area contributed by atoms with E-state index in [0.717, 1.165) is 0 Å². The standard InChI is InChI=1S/C12H15ClN2O4/c1-3-8(2)14(7-11(16)17)10-6-4-5-9(13)12(10)15(18)19/h4-6,8H,3,7H2,1-2H3,(H,16,17). The Labute approximate surface area is 115 Å². The quantitative estimate of drug-likeness (QED) is 0.642. The van der Waals surface area contributed by atoms with Gasteiger partial charge in [-0.3, -0.25) is 14.9 Å². The zero-order chi connectivity index (χ0) is 14.6. The molecule has 0 amide bonds. The van der Waals surface area contributed by atoms with Gasteiger partial charge < -0.3 is 10.0 Å². The molecule has 0 aliphatic rings. The second-order valence-corrected chi connectivity index (χ2v) is 4.55. The lowest BCUT2D eigenvalue weighted by molar-refractivity contribution is -0.384. The number of anilines is 1. The first-order valence-corrected chi connectivity index (χ1v) is 6.17. The summed E-state index contributed by atoms with van der Waals surface area (Å²) in [4.78, 5) is 22.9. The molecule has 0 fully saturated rings. The fourth-order valence-electron chi connectivity index (χ4n) is 1.76. The van der Waals surface area contributed by atoms with Crippen LogP contribution in [0.3, 0.4) is 0 Å². The number of carboxylic acids is 1. The van der Waals surface area contributed by atoms with Crippen molar-refractivity contribution in [3.8, 4) is 0 Å². The Bertz CT molecular complexity index is 493. The van der Waals surface area contributed by atoms with Crippen LogP contribution in [-0.4, -0.2) is 28.6 Å². The average molecular weight is 287 g/mol. The monoisotopic (exact) mass is 286 g/mol. The van der Waals surface area contributed by atoms with Crippen LogP contribution in [0.25, 0.3) is 0 Å². The summed E-state index contributed by atoms with van der Waals surface area (Å²) in [6.45, 7) is 3.39. The van der Waals surface area contributed by atoms with Crippen LogP contribution >= 0.6 is 11.6 Å². The maximum Gasteiger partial charge on any atom is 0.323 e. The van der Waals surface area contributed by atoms with Crippen molar-refractivity contribution >= 4 is 28.9 Å². The van der Waals surface area contributed by atoms with Crippen molar-refractivity contribution in [3.63, 3.8) is 0 Å². The van der Waals surface area contributed by atoms with Gasteiger partial charge in [0.05, 0.1) is 4.92 Å². The number of carbonyl (C=O) groups is 1. The summed E-state index contributed by atoms with van der Waals surface area (Å²) >= 11 is 5.84. The molecular formula is C12H15ClN2O4. The van der Waals surface area contributed by atoms with Gasteiger partial charge in [-0.05, 0) is 25.5 Å². The third-order valence-corrected chi connectivity index (χ3v) is 3.19. The summed E-state index contributed by atoms with van der Waals surface area (Å²) in [5, 5.41) is 20.0. The van der Waals surface area contributed by atoms with Crippen LogP contribution in [0.2, 0.25) is 5.02 Å². The van der Waals surface area contributed by atoms with Crippen molar-refractivity contribution < 1.29 is 14.8 Å². The molecule has 6 nitrogen and oxygen atoms in total. The number of nitro benzene ring substituents is 1. The van der Waals surface area contributed by atoms with Gasteiger partial charge in [0, 0.05) is 6.04 Å². The van der Waals surface area contributed by atoms with Gasteiger partial charge in [-0.2, -0.15) is 0 Å².